The van der Waals surface area contributed by atoms with Gasteiger partial charge in [0.2, 0.25) is 0 Å². The second kappa shape index (κ2) is 6.50. The van der Waals surface area contributed by atoms with E-state index >= 15 is 0 Å². The molecule has 110 valence electrons. The predicted octanol–water partition coefficient (Wildman–Crippen LogP) is 4.50. The van der Waals surface area contributed by atoms with E-state index in [0.717, 1.165) is 22.2 Å². The highest BCUT2D eigenvalue weighted by Crippen LogP contribution is 2.36. The van der Waals surface area contributed by atoms with Gasteiger partial charge in [0, 0.05) is 27.9 Å². The first-order valence-corrected chi connectivity index (χ1v) is 8.22. The van der Waals surface area contributed by atoms with Crippen molar-refractivity contribution in [1.82, 2.24) is 10.3 Å². The lowest BCUT2D eigenvalue weighted by Gasteiger charge is -2.07. The summed E-state index contributed by atoms with van der Waals surface area (Å²) in [5, 5.41) is 5.89. The minimum absolute atomic E-state index is 0.659. The van der Waals surface area contributed by atoms with E-state index in [4.69, 9.17) is 11.6 Å². The molecule has 0 amide bonds. The lowest BCUT2D eigenvalue weighted by Crippen LogP contribution is -2.04. The van der Waals surface area contributed by atoms with Crippen LogP contribution < -0.4 is 5.32 Å². The molecule has 22 heavy (non-hydrogen) atoms. The van der Waals surface area contributed by atoms with Crippen molar-refractivity contribution >= 4 is 33.2 Å². The zero-order chi connectivity index (χ0) is 15.5. The molecule has 4 heteroatoms. The molecule has 0 aliphatic carbocycles. The summed E-state index contributed by atoms with van der Waals surface area (Å²) in [6, 6.07) is 7.88. The normalized spacial score (nSPS) is 10.5. The van der Waals surface area contributed by atoms with Crippen molar-refractivity contribution in [3.63, 3.8) is 0 Å². The maximum absolute atomic E-state index is 6.21. The number of fused-ring (bicyclic) bond motifs is 1. The van der Waals surface area contributed by atoms with Crippen LogP contribution in [-0.2, 0) is 0 Å². The number of hydrogen-bond donors (Lipinski definition) is 1. The van der Waals surface area contributed by atoms with E-state index in [2.05, 4.69) is 34.4 Å². The van der Waals surface area contributed by atoms with Crippen molar-refractivity contribution in [1.29, 1.82) is 0 Å². The Bertz CT molecular complexity index is 887. The van der Waals surface area contributed by atoms with E-state index in [0.29, 0.717) is 11.6 Å². The van der Waals surface area contributed by atoms with E-state index in [1.54, 1.807) is 11.3 Å². The maximum Gasteiger partial charge on any atom is 0.0845 e. The van der Waals surface area contributed by atoms with Crippen LogP contribution in [0.2, 0.25) is 5.02 Å². The molecule has 3 aromatic rings. The number of thiophene rings is 1. The monoisotopic (exact) mass is 326 g/mol. The molecule has 0 saturated carbocycles. The van der Waals surface area contributed by atoms with E-state index < -0.39 is 0 Å². The molecule has 0 aliphatic rings. The lowest BCUT2D eigenvalue weighted by molar-refractivity contribution is 0.938. The number of aryl methyl sites for hydroxylation is 1. The SMILES string of the molecule is CNCC#Cc1ccc(Cl)cc1-c1ccnc2c(C)csc12. The number of halogens is 1. The fourth-order valence-electron chi connectivity index (χ4n) is 2.34. The van der Waals surface area contributed by atoms with Crippen LogP contribution in [0, 0.1) is 18.8 Å². The average Bonchev–Trinajstić information content (AvgIpc) is 2.91. The first kappa shape index (κ1) is 15.1. The third kappa shape index (κ3) is 2.86. The Labute approximate surface area is 139 Å². The molecule has 3 rings (SSSR count). The van der Waals surface area contributed by atoms with Gasteiger partial charge in [-0.1, -0.05) is 23.4 Å². The summed E-state index contributed by atoms with van der Waals surface area (Å²) >= 11 is 7.92. The summed E-state index contributed by atoms with van der Waals surface area (Å²) in [6.07, 6.45) is 1.85. The second-order valence-electron chi connectivity index (χ2n) is 4.98. The standard InChI is InChI=1S/C18H15ClN2S/c1-12-11-22-18-15(7-9-21-17(12)18)16-10-14(19)6-5-13(16)4-3-8-20-2/h5-7,9-11,20H,8H2,1-2H3. The van der Waals surface area contributed by atoms with Crippen molar-refractivity contribution in [2.45, 2.75) is 6.92 Å². The van der Waals surface area contributed by atoms with Crippen LogP contribution in [0.15, 0.2) is 35.8 Å². The molecule has 2 heterocycles. The van der Waals surface area contributed by atoms with Crippen molar-refractivity contribution in [3.8, 4) is 23.0 Å². The largest absolute Gasteiger partial charge is 0.309 e. The van der Waals surface area contributed by atoms with Gasteiger partial charge in [-0.15, -0.1) is 11.3 Å². The lowest BCUT2D eigenvalue weighted by atomic mass is 10.00. The van der Waals surface area contributed by atoms with Crippen LogP contribution in [0.5, 0.6) is 0 Å². The molecule has 0 spiro atoms. The highest BCUT2D eigenvalue weighted by molar-refractivity contribution is 7.17. The predicted molar refractivity (Wildman–Crippen MR) is 95.6 cm³/mol. The summed E-state index contributed by atoms with van der Waals surface area (Å²) in [7, 11) is 1.89. The Kier molecular flexibility index (Phi) is 4.44. The number of nitrogens with one attached hydrogen (secondary N) is 1. The van der Waals surface area contributed by atoms with Gasteiger partial charge in [-0.25, -0.2) is 0 Å². The summed E-state index contributed by atoms with van der Waals surface area (Å²) in [5.41, 5.74) is 5.44. The van der Waals surface area contributed by atoms with Gasteiger partial charge in [-0.3, -0.25) is 4.98 Å². The molecule has 1 aromatic carbocycles. The fourth-order valence-corrected chi connectivity index (χ4v) is 3.55. The third-order valence-corrected chi connectivity index (χ3v) is 4.75. The highest BCUT2D eigenvalue weighted by Gasteiger charge is 2.11. The maximum atomic E-state index is 6.21. The van der Waals surface area contributed by atoms with Crippen molar-refractivity contribution < 1.29 is 0 Å². The molecule has 0 atom stereocenters. The topological polar surface area (TPSA) is 24.9 Å². The van der Waals surface area contributed by atoms with Crippen molar-refractivity contribution in [3.05, 3.63) is 52.0 Å². The fraction of sp³-hybridized carbons (Fsp3) is 0.167. The Morgan fingerprint density at radius 3 is 2.95 bits per heavy atom. The number of rotatable bonds is 2. The van der Waals surface area contributed by atoms with Crippen LogP contribution >= 0.6 is 22.9 Å². The average molecular weight is 327 g/mol. The zero-order valence-corrected chi connectivity index (χ0v) is 14.0. The first-order chi connectivity index (χ1) is 10.7. The Morgan fingerprint density at radius 2 is 2.14 bits per heavy atom. The molecular formula is C18H15ClN2S. The van der Waals surface area contributed by atoms with E-state index in [-0.39, 0.29) is 0 Å². The minimum atomic E-state index is 0.659. The van der Waals surface area contributed by atoms with Crippen LogP contribution in [0.3, 0.4) is 0 Å². The zero-order valence-electron chi connectivity index (χ0n) is 12.4. The summed E-state index contributed by atoms with van der Waals surface area (Å²) < 4.78 is 1.18. The van der Waals surface area contributed by atoms with Gasteiger partial charge >= 0.3 is 0 Å². The van der Waals surface area contributed by atoms with Crippen molar-refractivity contribution in [2.24, 2.45) is 0 Å². The van der Waals surface area contributed by atoms with Gasteiger partial charge in [0.05, 0.1) is 16.8 Å². The quantitative estimate of drug-likeness (QED) is 0.701. The number of hydrogen-bond acceptors (Lipinski definition) is 3. The van der Waals surface area contributed by atoms with Crippen LogP contribution in [0.4, 0.5) is 0 Å². The van der Waals surface area contributed by atoms with Gasteiger partial charge in [-0.2, -0.15) is 0 Å². The summed E-state index contributed by atoms with van der Waals surface area (Å²) in [6.45, 7) is 2.74. The van der Waals surface area contributed by atoms with Crippen molar-refractivity contribution in [2.75, 3.05) is 13.6 Å². The Morgan fingerprint density at radius 1 is 1.27 bits per heavy atom. The third-order valence-electron chi connectivity index (χ3n) is 3.39. The Hall–Kier alpha value is -1.86. The van der Waals surface area contributed by atoms with Gasteiger partial charge in [0.1, 0.15) is 0 Å². The van der Waals surface area contributed by atoms with Gasteiger partial charge in [0.25, 0.3) is 0 Å². The smallest absolute Gasteiger partial charge is 0.0845 e. The van der Waals surface area contributed by atoms with Crippen LogP contribution in [0.25, 0.3) is 21.3 Å². The number of benzene rings is 1. The van der Waals surface area contributed by atoms with E-state index in [1.807, 2.05) is 37.5 Å². The number of aromatic nitrogens is 1. The van der Waals surface area contributed by atoms with Gasteiger partial charge in [-0.05, 0) is 49.2 Å². The molecular weight excluding hydrogens is 312 g/mol. The Balaban J connectivity index is 2.22. The summed E-state index contributed by atoms with van der Waals surface area (Å²) in [4.78, 5) is 4.49. The molecule has 2 aromatic heterocycles. The molecule has 0 radical (unpaired) electrons. The molecule has 0 bridgehead atoms. The number of nitrogens with zero attached hydrogens (tertiary/aromatic N) is 1. The molecule has 1 N–H and O–H groups in total. The minimum Gasteiger partial charge on any atom is -0.309 e. The molecule has 0 unspecified atom stereocenters. The van der Waals surface area contributed by atoms with E-state index in [1.165, 1.54) is 10.3 Å². The molecule has 0 aliphatic heterocycles. The van der Waals surface area contributed by atoms with E-state index in [9.17, 15) is 0 Å². The molecule has 0 fully saturated rings. The highest BCUT2D eigenvalue weighted by atomic mass is 35.5. The van der Waals surface area contributed by atoms with Crippen LogP contribution in [-0.4, -0.2) is 18.6 Å². The first-order valence-electron chi connectivity index (χ1n) is 6.97. The second-order valence-corrected chi connectivity index (χ2v) is 6.29. The van der Waals surface area contributed by atoms with Gasteiger partial charge < -0.3 is 5.32 Å². The molecule has 2 nitrogen and oxygen atoms in total. The van der Waals surface area contributed by atoms with Gasteiger partial charge in [0.15, 0.2) is 0 Å². The van der Waals surface area contributed by atoms with Crippen LogP contribution in [0.1, 0.15) is 11.1 Å². The summed E-state index contributed by atoms with van der Waals surface area (Å²) in [5.74, 6) is 6.34. The number of pyridine rings is 1. The molecule has 0 saturated heterocycles.